The standard InChI is InChI=1S/C20H22N6O2S/c21-12-15-1-3-16(4-2-15)13-24-7-9-25(10-8-24)18(27)11-17-14-29-20(23-17)26-6-5-22-19(26)28/h1-4,14H,5-11,13H2,(H,22,28). The summed E-state index contributed by atoms with van der Waals surface area (Å²) in [6.07, 6.45) is 0.265. The molecule has 3 amide bonds. The molecular formula is C20H22N6O2S. The van der Waals surface area contributed by atoms with Crippen molar-refractivity contribution in [3.05, 3.63) is 46.5 Å². The zero-order chi connectivity index (χ0) is 20.2. The van der Waals surface area contributed by atoms with Gasteiger partial charge in [-0.25, -0.2) is 9.78 Å². The summed E-state index contributed by atoms with van der Waals surface area (Å²) in [6.45, 7) is 5.09. The molecule has 2 fully saturated rings. The van der Waals surface area contributed by atoms with Crippen molar-refractivity contribution in [1.82, 2.24) is 20.1 Å². The number of urea groups is 1. The van der Waals surface area contributed by atoms with Gasteiger partial charge in [-0.05, 0) is 17.7 Å². The van der Waals surface area contributed by atoms with Crippen LogP contribution < -0.4 is 10.2 Å². The molecule has 1 N–H and O–H groups in total. The van der Waals surface area contributed by atoms with Gasteiger partial charge in [-0.1, -0.05) is 12.1 Å². The van der Waals surface area contributed by atoms with Gasteiger partial charge < -0.3 is 10.2 Å². The number of carbonyl (C=O) groups is 2. The van der Waals surface area contributed by atoms with Crippen molar-refractivity contribution in [1.29, 1.82) is 5.26 Å². The first-order valence-corrected chi connectivity index (χ1v) is 10.5. The Kier molecular flexibility index (Phi) is 5.74. The van der Waals surface area contributed by atoms with Gasteiger partial charge in [0.2, 0.25) is 5.91 Å². The molecule has 2 aliphatic rings. The van der Waals surface area contributed by atoms with Crippen LogP contribution in [0.3, 0.4) is 0 Å². The molecule has 4 rings (SSSR count). The summed E-state index contributed by atoms with van der Waals surface area (Å²) < 4.78 is 0. The lowest BCUT2D eigenvalue weighted by Gasteiger charge is -2.34. The van der Waals surface area contributed by atoms with E-state index in [9.17, 15) is 9.59 Å². The molecule has 1 aromatic heterocycles. The fourth-order valence-electron chi connectivity index (χ4n) is 3.52. The summed E-state index contributed by atoms with van der Waals surface area (Å²) in [5.74, 6) is 0.0748. The third-order valence-corrected chi connectivity index (χ3v) is 6.09. The van der Waals surface area contributed by atoms with E-state index in [-0.39, 0.29) is 18.4 Å². The molecule has 0 spiro atoms. The number of nitriles is 1. The average molecular weight is 411 g/mol. The largest absolute Gasteiger partial charge is 0.340 e. The topological polar surface area (TPSA) is 92.6 Å². The van der Waals surface area contributed by atoms with Gasteiger partial charge in [0.1, 0.15) is 0 Å². The highest BCUT2D eigenvalue weighted by atomic mass is 32.1. The fourth-order valence-corrected chi connectivity index (χ4v) is 4.37. The zero-order valence-electron chi connectivity index (χ0n) is 16.0. The van der Waals surface area contributed by atoms with Crippen molar-refractivity contribution in [2.45, 2.75) is 13.0 Å². The van der Waals surface area contributed by atoms with Crippen LogP contribution in [0.15, 0.2) is 29.6 Å². The second-order valence-corrected chi connectivity index (χ2v) is 7.98. The predicted molar refractivity (Wildman–Crippen MR) is 110 cm³/mol. The normalized spacial score (nSPS) is 17.3. The smallest absolute Gasteiger partial charge is 0.323 e. The van der Waals surface area contributed by atoms with Gasteiger partial charge in [-0.2, -0.15) is 5.26 Å². The number of hydrogen-bond acceptors (Lipinski definition) is 6. The number of aromatic nitrogens is 1. The Morgan fingerprint density at radius 2 is 1.93 bits per heavy atom. The number of nitrogens with one attached hydrogen (secondary N) is 1. The average Bonchev–Trinajstić information content (AvgIpc) is 3.37. The second-order valence-electron chi connectivity index (χ2n) is 7.15. The van der Waals surface area contributed by atoms with E-state index >= 15 is 0 Å². The molecule has 150 valence electrons. The van der Waals surface area contributed by atoms with Crippen LogP contribution in [0.5, 0.6) is 0 Å². The minimum absolute atomic E-state index is 0.0748. The van der Waals surface area contributed by atoms with Gasteiger partial charge in [0, 0.05) is 51.2 Å². The van der Waals surface area contributed by atoms with Crippen LogP contribution in [0.2, 0.25) is 0 Å². The predicted octanol–water partition coefficient (Wildman–Crippen LogP) is 1.43. The Bertz CT molecular complexity index is 927. The molecule has 2 aromatic rings. The molecule has 1 aromatic carbocycles. The van der Waals surface area contributed by atoms with Crippen molar-refractivity contribution in [3.8, 4) is 6.07 Å². The van der Waals surface area contributed by atoms with Crippen molar-refractivity contribution >= 4 is 28.4 Å². The van der Waals surface area contributed by atoms with Gasteiger partial charge in [-0.15, -0.1) is 11.3 Å². The van der Waals surface area contributed by atoms with Crippen molar-refractivity contribution in [2.24, 2.45) is 0 Å². The van der Waals surface area contributed by atoms with E-state index in [4.69, 9.17) is 5.26 Å². The van der Waals surface area contributed by atoms with Gasteiger partial charge in [-0.3, -0.25) is 14.6 Å². The van der Waals surface area contributed by atoms with Crippen LogP contribution in [0.1, 0.15) is 16.8 Å². The Balaban J connectivity index is 1.26. The summed E-state index contributed by atoms with van der Waals surface area (Å²) in [4.78, 5) is 34.7. The van der Waals surface area contributed by atoms with E-state index < -0.39 is 0 Å². The van der Waals surface area contributed by atoms with Crippen molar-refractivity contribution in [2.75, 3.05) is 44.2 Å². The minimum atomic E-state index is -0.129. The first-order chi connectivity index (χ1) is 14.1. The molecule has 0 saturated carbocycles. The summed E-state index contributed by atoms with van der Waals surface area (Å²) in [7, 11) is 0. The monoisotopic (exact) mass is 410 g/mol. The SMILES string of the molecule is N#Cc1ccc(CN2CCN(C(=O)Cc3csc(N4CCNC4=O)n3)CC2)cc1. The van der Waals surface area contributed by atoms with Crippen LogP contribution in [0.25, 0.3) is 0 Å². The van der Waals surface area contributed by atoms with Crippen molar-refractivity contribution < 1.29 is 9.59 Å². The van der Waals surface area contributed by atoms with Crippen LogP contribution >= 0.6 is 11.3 Å². The number of amides is 3. The Morgan fingerprint density at radius 1 is 1.17 bits per heavy atom. The molecule has 8 nitrogen and oxygen atoms in total. The van der Waals surface area contributed by atoms with E-state index in [1.807, 2.05) is 34.5 Å². The number of nitrogens with zero attached hydrogens (tertiary/aromatic N) is 5. The highest BCUT2D eigenvalue weighted by Crippen LogP contribution is 2.22. The van der Waals surface area contributed by atoms with Crippen LogP contribution in [-0.4, -0.2) is 66.0 Å². The maximum Gasteiger partial charge on any atom is 0.323 e. The summed E-state index contributed by atoms with van der Waals surface area (Å²) in [5.41, 5.74) is 2.55. The number of rotatable bonds is 5. The highest BCUT2D eigenvalue weighted by Gasteiger charge is 2.25. The maximum atomic E-state index is 12.6. The van der Waals surface area contributed by atoms with Crippen LogP contribution in [0.4, 0.5) is 9.93 Å². The molecule has 0 atom stereocenters. The van der Waals surface area contributed by atoms with Crippen LogP contribution in [-0.2, 0) is 17.8 Å². The lowest BCUT2D eigenvalue weighted by Crippen LogP contribution is -2.48. The molecule has 9 heteroatoms. The lowest BCUT2D eigenvalue weighted by atomic mass is 10.1. The summed E-state index contributed by atoms with van der Waals surface area (Å²) in [5, 5.41) is 14.1. The van der Waals surface area contributed by atoms with Gasteiger partial charge >= 0.3 is 6.03 Å². The minimum Gasteiger partial charge on any atom is -0.340 e. The summed E-state index contributed by atoms with van der Waals surface area (Å²) in [6, 6.07) is 9.64. The van der Waals surface area contributed by atoms with E-state index in [2.05, 4.69) is 21.3 Å². The third kappa shape index (κ3) is 4.55. The van der Waals surface area contributed by atoms with E-state index in [0.29, 0.717) is 36.9 Å². The van der Waals surface area contributed by atoms with E-state index in [1.165, 1.54) is 16.9 Å². The lowest BCUT2D eigenvalue weighted by molar-refractivity contribution is -0.132. The summed E-state index contributed by atoms with van der Waals surface area (Å²) >= 11 is 1.40. The fraction of sp³-hybridized carbons (Fsp3) is 0.400. The first-order valence-electron chi connectivity index (χ1n) is 9.61. The molecule has 0 radical (unpaired) electrons. The quantitative estimate of drug-likeness (QED) is 0.805. The molecular weight excluding hydrogens is 388 g/mol. The Labute approximate surface area is 173 Å². The molecule has 2 aliphatic heterocycles. The number of thiazole rings is 1. The van der Waals surface area contributed by atoms with Crippen LogP contribution in [0, 0.1) is 11.3 Å². The first kappa shape index (κ1) is 19.4. The van der Waals surface area contributed by atoms with Crippen molar-refractivity contribution in [3.63, 3.8) is 0 Å². The molecule has 2 saturated heterocycles. The molecule has 3 heterocycles. The Morgan fingerprint density at radius 3 is 2.59 bits per heavy atom. The van der Waals surface area contributed by atoms with E-state index in [0.717, 1.165) is 25.3 Å². The number of benzene rings is 1. The third-order valence-electron chi connectivity index (χ3n) is 5.17. The molecule has 0 aliphatic carbocycles. The number of piperazine rings is 1. The Hall–Kier alpha value is -2.96. The van der Waals surface area contributed by atoms with Gasteiger partial charge in [0.15, 0.2) is 5.13 Å². The zero-order valence-corrected chi connectivity index (χ0v) is 16.8. The second kappa shape index (κ2) is 8.59. The maximum absolute atomic E-state index is 12.6. The number of carbonyl (C=O) groups excluding carboxylic acids is 2. The highest BCUT2D eigenvalue weighted by molar-refractivity contribution is 7.14. The number of anilines is 1. The number of hydrogen-bond donors (Lipinski definition) is 1. The molecule has 29 heavy (non-hydrogen) atoms. The van der Waals surface area contributed by atoms with E-state index in [1.54, 1.807) is 4.90 Å². The van der Waals surface area contributed by atoms with Gasteiger partial charge in [0.05, 0.1) is 23.7 Å². The van der Waals surface area contributed by atoms with Gasteiger partial charge in [0.25, 0.3) is 0 Å². The molecule has 0 unspecified atom stereocenters. The molecule has 0 bridgehead atoms.